The predicted molar refractivity (Wildman–Crippen MR) is 183 cm³/mol. The number of pyridine rings is 1. The zero-order valence-corrected chi connectivity index (χ0v) is 27.8. The molecule has 1 aliphatic heterocycles. The van der Waals surface area contributed by atoms with Gasteiger partial charge < -0.3 is 24.4 Å². The number of piperidine rings is 1. The number of carbonyl (C=O) groups excluding carboxylic acids is 1. The van der Waals surface area contributed by atoms with Crippen molar-refractivity contribution in [2.45, 2.75) is 26.2 Å². The Morgan fingerprint density at radius 2 is 1.72 bits per heavy atom. The first-order valence-electron chi connectivity index (χ1n) is 16.2. The number of aromatic nitrogens is 4. The Labute approximate surface area is 285 Å². The maximum absolute atomic E-state index is 15.3. The molecule has 1 N–H and O–H groups in total. The number of benzene rings is 3. The number of nitrogens with one attached hydrogen (secondary N) is 1. The van der Waals surface area contributed by atoms with Gasteiger partial charge in [0.05, 0.1) is 24.9 Å². The van der Waals surface area contributed by atoms with Crippen LogP contribution in [-0.2, 0) is 7.05 Å². The molecule has 12 nitrogen and oxygen atoms in total. The summed E-state index contributed by atoms with van der Waals surface area (Å²) in [7, 11) is 2.72. The van der Waals surface area contributed by atoms with E-state index in [1.807, 2.05) is 0 Å². The van der Waals surface area contributed by atoms with E-state index < -0.39 is 34.5 Å². The molecule has 0 aliphatic carbocycles. The fourth-order valence-corrected chi connectivity index (χ4v) is 5.68. The van der Waals surface area contributed by atoms with Gasteiger partial charge in [-0.05, 0) is 86.8 Å². The van der Waals surface area contributed by atoms with Crippen LogP contribution in [0.25, 0.3) is 16.6 Å². The second-order valence-electron chi connectivity index (χ2n) is 12.1. The van der Waals surface area contributed by atoms with Gasteiger partial charge in [0, 0.05) is 43.0 Å². The Bertz CT molecular complexity index is 2150. The molecule has 3 aromatic carbocycles. The SMILES string of the molecule is COc1cc2c(Oc3ccc(NC(=O)c4nn(-c5ccc(F)cc5)c(=O)n(C)c4=O)cc3F)ccnc2cc1OCCCN1CCC(C)CC1. The summed E-state index contributed by atoms with van der Waals surface area (Å²) in [6.45, 7) is 6.00. The van der Waals surface area contributed by atoms with Crippen molar-refractivity contribution in [3.05, 3.63) is 105 Å². The number of nitrogens with zero attached hydrogens (tertiary/aromatic N) is 5. The summed E-state index contributed by atoms with van der Waals surface area (Å²) in [5.41, 5.74) is -1.74. The van der Waals surface area contributed by atoms with Crippen LogP contribution in [0.1, 0.15) is 36.7 Å². The number of methoxy groups -OCH3 is 1. The Kier molecular flexibility index (Phi) is 10.2. The number of carbonyl (C=O) groups is 1. The van der Waals surface area contributed by atoms with Gasteiger partial charge in [0.15, 0.2) is 23.1 Å². The molecule has 2 aromatic heterocycles. The van der Waals surface area contributed by atoms with Crippen LogP contribution >= 0.6 is 0 Å². The van der Waals surface area contributed by atoms with E-state index >= 15 is 4.39 Å². The zero-order valence-electron chi connectivity index (χ0n) is 27.8. The van der Waals surface area contributed by atoms with E-state index in [9.17, 15) is 18.8 Å². The van der Waals surface area contributed by atoms with Crippen LogP contribution in [0.15, 0.2) is 76.4 Å². The van der Waals surface area contributed by atoms with Crippen molar-refractivity contribution in [2.24, 2.45) is 13.0 Å². The van der Waals surface area contributed by atoms with E-state index in [1.54, 1.807) is 18.2 Å². The fraction of sp³-hybridized carbons (Fsp3) is 0.306. The molecule has 14 heteroatoms. The molecule has 0 unspecified atom stereocenters. The maximum atomic E-state index is 15.3. The number of likely N-dealkylation sites (tertiary alicyclic amines) is 1. The lowest BCUT2D eigenvalue weighted by atomic mass is 9.99. The minimum atomic E-state index is -0.985. The molecule has 0 radical (unpaired) electrons. The third kappa shape index (κ3) is 7.49. The van der Waals surface area contributed by atoms with Crippen molar-refractivity contribution in [1.82, 2.24) is 24.2 Å². The maximum Gasteiger partial charge on any atom is 0.351 e. The highest BCUT2D eigenvalue weighted by molar-refractivity contribution is 6.02. The molecule has 1 saturated heterocycles. The number of hydrogen-bond donors (Lipinski definition) is 1. The highest BCUT2D eigenvalue weighted by Gasteiger charge is 2.21. The van der Waals surface area contributed by atoms with Crippen LogP contribution in [-0.4, -0.2) is 63.5 Å². The first-order chi connectivity index (χ1) is 24.1. The summed E-state index contributed by atoms with van der Waals surface area (Å²) in [6.07, 6.45) is 4.86. The van der Waals surface area contributed by atoms with E-state index in [2.05, 4.69) is 27.2 Å². The quantitative estimate of drug-likeness (QED) is 0.184. The molecular weight excluding hydrogens is 650 g/mol. The second kappa shape index (κ2) is 14.9. The molecule has 3 heterocycles. The molecule has 50 heavy (non-hydrogen) atoms. The molecule has 1 amide bonds. The van der Waals surface area contributed by atoms with Crippen LogP contribution in [0.3, 0.4) is 0 Å². The molecule has 1 aliphatic rings. The largest absolute Gasteiger partial charge is 0.493 e. The third-order valence-electron chi connectivity index (χ3n) is 8.61. The van der Waals surface area contributed by atoms with Gasteiger partial charge in [-0.15, -0.1) is 0 Å². The van der Waals surface area contributed by atoms with E-state index in [1.165, 1.54) is 57.5 Å². The van der Waals surface area contributed by atoms with Crippen molar-refractivity contribution >= 4 is 22.5 Å². The number of amides is 1. The molecule has 0 atom stereocenters. The molecule has 0 bridgehead atoms. The lowest BCUT2D eigenvalue weighted by Gasteiger charge is -2.30. The number of rotatable bonds is 11. The van der Waals surface area contributed by atoms with Crippen LogP contribution in [0.5, 0.6) is 23.0 Å². The normalized spacial score (nSPS) is 13.7. The molecule has 6 rings (SSSR count). The van der Waals surface area contributed by atoms with E-state index in [4.69, 9.17) is 14.2 Å². The second-order valence-corrected chi connectivity index (χ2v) is 12.1. The average Bonchev–Trinajstić information content (AvgIpc) is 3.11. The van der Waals surface area contributed by atoms with Gasteiger partial charge >= 0.3 is 5.69 Å². The van der Waals surface area contributed by atoms with Crippen LogP contribution in [0, 0.1) is 17.6 Å². The smallest absolute Gasteiger partial charge is 0.351 e. The lowest BCUT2D eigenvalue weighted by molar-refractivity contribution is 0.101. The third-order valence-corrected chi connectivity index (χ3v) is 8.61. The van der Waals surface area contributed by atoms with E-state index in [0.717, 1.165) is 54.9 Å². The summed E-state index contributed by atoms with van der Waals surface area (Å²) in [5.74, 6) is -0.358. The Morgan fingerprint density at radius 3 is 2.44 bits per heavy atom. The minimum absolute atomic E-state index is 0.00104. The minimum Gasteiger partial charge on any atom is -0.493 e. The van der Waals surface area contributed by atoms with Gasteiger partial charge in [-0.25, -0.2) is 13.6 Å². The van der Waals surface area contributed by atoms with Gasteiger partial charge in [0.1, 0.15) is 11.6 Å². The highest BCUT2D eigenvalue weighted by Crippen LogP contribution is 2.38. The van der Waals surface area contributed by atoms with Crippen molar-refractivity contribution in [1.29, 1.82) is 0 Å². The van der Waals surface area contributed by atoms with Gasteiger partial charge in [-0.3, -0.25) is 19.1 Å². The predicted octanol–water partition coefficient (Wildman–Crippen LogP) is 5.31. The standard InChI is InChI=1S/C36H36F2N6O6/c1-22-12-16-43(17-13-22)15-4-18-49-32-21-28-26(20-31(32)48-3)29(11-14-39-28)50-30-10-7-24(19-27(30)38)40-34(45)33-35(46)42(2)36(47)44(41-33)25-8-5-23(37)6-9-25/h5-11,14,19-22H,4,12-13,15-18H2,1-3H3,(H,40,45). The van der Waals surface area contributed by atoms with Gasteiger partial charge in [-0.1, -0.05) is 6.92 Å². The Hall–Kier alpha value is -5.63. The molecule has 0 spiro atoms. The molecule has 5 aromatic rings. The van der Waals surface area contributed by atoms with Gasteiger partial charge in [-0.2, -0.15) is 9.78 Å². The molecule has 260 valence electrons. The van der Waals surface area contributed by atoms with Crippen LogP contribution in [0.2, 0.25) is 0 Å². The molecular formula is C36H36F2N6O6. The fourth-order valence-electron chi connectivity index (χ4n) is 5.68. The number of hydrogen-bond acceptors (Lipinski definition) is 9. The van der Waals surface area contributed by atoms with E-state index in [0.29, 0.717) is 39.3 Å². The van der Waals surface area contributed by atoms with E-state index in [-0.39, 0.29) is 17.1 Å². The van der Waals surface area contributed by atoms with Crippen molar-refractivity contribution in [3.8, 4) is 28.7 Å². The first-order valence-corrected chi connectivity index (χ1v) is 16.2. The number of fused-ring (bicyclic) bond motifs is 1. The summed E-state index contributed by atoms with van der Waals surface area (Å²) >= 11 is 0. The highest BCUT2D eigenvalue weighted by atomic mass is 19.1. The summed E-state index contributed by atoms with van der Waals surface area (Å²) in [4.78, 5) is 45.4. The number of halogens is 2. The average molecular weight is 687 g/mol. The lowest BCUT2D eigenvalue weighted by Crippen LogP contribution is -2.43. The monoisotopic (exact) mass is 686 g/mol. The van der Waals surface area contributed by atoms with Crippen LogP contribution < -0.4 is 30.8 Å². The zero-order chi connectivity index (χ0) is 35.4. The van der Waals surface area contributed by atoms with Gasteiger partial charge in [0.25, 0.3) is 11.5 Å². The first kappa shape index (κ1) is 34.2. The number of anilines is 1. The van der Waals surface area contributed by atoms with Crippen molar-refractivity contribution in [2.75, 3.05) is 38.7 Å². The summed E-state index contributed by atoms with van der Waals surface area (Å²) in [6, 6.07) is 13.6. The van der Waals surface area contributed by atoms with Crippen molar-refractivity contribution < 1.29 is 27.8 Å². The summed E-state index contributed by atoms with van der Waals surface area (Å²) in [5, 5.41) is 6.90. The molecule has 1 fully saturated rings. The topological polar surface area (TPSA) is 130 Å². The summed E-state index contributed by atoms with van der Waals surface area (Å²) < 4.78 is 47.9. The Morgan fingerprint density at radius 1 is 0.960 bits per heavy atom. The Balaban J connectivity index is 1.16. The van der Waals surface area contributed by atoms with Crippen LogP contribution in [0.4, 0.5) is 14.5 Å². The molecule has 0 saturated carbocycles. The number of ether oxygens (including phenoxy) is 3. The van der Waals surface area contributed by atoms with Gasteiger partial charge in [0.2, 0.25) is 5.69 Å². The van der Waals surface area contributed by atoms with Crippen molar-refractivity contribution in [3.63, 3.8) is 0 Å².